The maximum absolute atomic E-state index is 13.0. The highest BCUT2D eigenvalue weighted by Crippen LogP contribution is 2.37. The summed E-state index contributed by atoms with van der Waals surface area (Å²) in [6, 6.07) is 10.8. The first-order chi connectivity index (χ1) is 14.4. The summed E-state index contributed by atoms with van der Waals surface area (Å²) in [5.74, 6) is 1.32. The summed E-state index contributed by atoms with van der Waals surface area (Å²) in [6.07, 6.45) is 5.91. The van der Waals surface area contributed by atoms with Crippen LogP contribution < -0.4 is 9.47 Å². The number of methoxy groups -OCH3 is 2. The van der Waals surface area contributed by atoms with Gasteiger partial charge in [-0.15, -0.1) is 12.4 Å². The van der Waals surface area contributed by atoms with E-state index >= 15 is 0 Å². The van der Waals surface area contributed by atoms with Crippen molar-refractivity contribution < 1.29 is 19.0 Å². The number of fused-ring (bicyclic) bond motifs is 1. The van der Waals surface area contributed by atoms with Gasteiger partial charge in [0.25, 0.3) is 0 Å². The normalized spacial score (nSPS) is 15.0. The molecule has 0 aliphatic heterocycles. The van der Waals surface area contributed by atoms with Gasteiger partial charge in [-0.2, -0.15) is 0 Å². The molecule has 0 fully saturated rings. The van der Waals surface area contributed by atoms with E-state index in [1.165, 1.54) is 23.3 Å². The van der Waals surface area contributed by atoms with Crippen molar-refractivity contribution in [2.45, 2.75) is 50.5 Å². The van der Waals surface area contributed by atoms with E-state index in [0.717, 1.165) is 75.1 Å². The van der Waals surface area contributed by atoms with E-state index in [1.807, 2.05) is 12.1 Å². The number of hydrogen-bond acceptors (Lipinski definition) is 4. The Labute approximate surface area is 191 Å². The van der Waals surface area contributed by atoms with Crippen LogP contribution in [0.1, 0.15) is 42.4 Å². The van der Waals surface area contributed by atoms with Gasteiger partial charge < -0.3 is 19.5 Å². The molecule has 6 heteroatoms. The molecule has 2 aromatic carbocycles. The van der Waals surface area contributed by atoms with Gasteiger partial charge in [-0.25, -0.2) is 4.39 Å². The molecule has 0 heterocycles. The molecule has 31 heavy (non-hydrogen) atoms. The minimum Gasteiger partial charge on any atom is -0.493 e. The molecule has 2 aromatic rings. The largest absolute Gasteiger partial charge is 0.493 e. The van der Waals surface area contributed by atoms with Crippen LogP contribution in [0.25, 0.3) is 0 Å². The average Bonchev–Trinajstić information content (AvgIpc) is 2.91. The van der Waals surface area contributed by atoms with Gasteiger partial charge in [0.05, 0.1) is 19.8 Å². The number of rotatable bonds is 9. The van der Waals surface area contributed by atoms with Crippen LogP contribution >= 0.6 is 12.4 Å². The van der Waals surface area contributed by atoms with E-state index in [9.17, 15) is 9.50 Å². The van der Waals surface area contributed by atoms with Crippen molar-refractivity contribution >= 4 is 12.4 Å². The summed E-state index contributed by atoms with van der Waals surface area (Å²) >= 11 is 0. The zero-order valence-electron chi connectivity index (χ0n) is 18.8. The van der Waals surface area contributed by atoms with Crippen LogP contribution in [0.2, 0.25) is 0 Å². The molecule has 0 bridgehead atoms. The zero-order chi connectivity index (χ0) is 21.6. The van der Waals surface area contributed by atoms with Crippen molar-refractivity contribution in [1.82, 2.24) is 4.90 Å². The average molecular weight is 452 g/mol. The smallest absolute Gasteiger partial charge is 0.161 e. The van der Waals surface area contributed by atoms with E-state index in [2.05, 4.69) is 24.1 Å². The van der Waals surface area contributed by atoms with E-state index in [-0.39, 0.29) is 18.2 Å². The van der Waals surface area contributed by atoms with Gasteiger partial charge in [0.2, 0.25) is 0 Å². The van der Waals surface area contributed by atoms with Crippen LogP contribution in [0, 0.1) is 5.82 Å². The fraction of sp³-hybridized carbons (Fsp3) is 0.520. The quantitative estimate of drug-likeness (QED) is 0.554. The summed E-state index contributed by atoms with van der Waals surface area (Å²) in [6.45, 7) is 1.87. The van der Waals surface area contributed by atoms with Crippen LogP contribution in [0.3, 0.4) is 0 Å². The number of halogens is 2. The minimum absolute atomic E-state index is 0. The molecule has 4 nitrogen and oxygen atoms in total. The molecule has 1 aliphatic rings. The first kappa shape index (κ1) is 25.4. The molecule has 0 saturated heterocycles. The number of ether oxygens (including phenoxy) is 2. The third kappa shape index (κ3) is 7.09. The Kier molecular flexibility index (Phi) is 9.60. The number of hydrogen-bond donors (Lipinski definition) is 1. The highest BCUT2D eigenvalue weighted by atomic mass is 35.5. The van der Waals surface area contributed by atoms with Crippen LogP contribution in [-0.4, -0.2) is 50.0 Å². The van der Waals surface area contributed by atoms with Gasteiger partial charge in [-0.1, -0.05) is 12.1 Å². The fourth-order valence-electron chi connectivity index (χ4n) is 4.30. The predicted octanol–water partition coefficient (Wildman–Crippen LogP) is 4.83. The monoisotopic (exact) mass is 451 g/mol. The minimum atomic E-state index is -0.628. The van der Waals surface area contributed by atoms with Crippen molar-refractivity contribution in [3.8, 4) is 11.5 Å². The van der Waals surface area contributed by atoms with Crippen LogP contribution in [-0.2, 0) is 19.3 Å². The molecular formula is C25H35ClFNO3. The zero-order valence-corrected chi connectivity index (χ0v) is 19.6. The second-order valence-electron chi connectivity index (χ2n) is 8.48. The maximum atomic E-state index is 13.0. The number of aliphatic hydroxyl groups is 1. The topological polar surface area (TPSA) is 41.9 Å². The number of likely N-dealkylation sites (N-methyl/N-ethyl adjacent to an activating group) is 1. The molecule has 0 atom stereocenters. The second-order valence-corrected chi connectivity index (χ2v) is 8.48. The lowest BCUT2D eigenvalue weighted by Crippen LogP contribution is -2.31. The lowest BCUT2D eigenvalue weighted by atomic mass is 9.89. The van der Waals surface area contributed by atoms with Crippen molar-refractivity contribution in [1.29, 1.82) is 0 Å². The molecule has 1 aliphatic carbocycles. The number of aryl methyl sites for hydroxylation is 2. The van der Waals surface area contributed by atoms with Gasteiger partial charge >= 0.3 is 0 Å². The van der Waals surface area contributed by atoms with Gasteiger partial charge in [0.15, 0.2) is 11.5 Å². The Balaban J connectivity index is 0.00000341. The summed E-state index contributed by atoms with van der Waals surface area (Å²) < 4.78 is 23.9. The Morgan fingerprint density at radius 1 is 0.968 bits per heavy atom. The summed E-state index contributed by atoms with van der Waals surface area (Å²) in [5.41, 5.74) is 3.02. The number of nitrogens with zero attached hydrogens (tertiary/aromatic N) is 1. The maximum Gasteiger partial charge on any atom is 0.161 e. The molecule has 0 spiro atoms. The highest BCUT2D eigenvalue weighted by molar-refractivity contribution is 5.85. The summed E-state index contributed by atoms with van der Waals surface area (Å²) in [5, 5.41) is 11.2. The summed E-state index contributed by atoms with van der Waals surface area (Å²) in [7, 11) is 5.42. The van der Waals surface area contributed by atoms with Gasteiger partial charge in [-0.05, 0) is 99.5 Å². The van der Waals surface area contributed by atoms with E-state index in [1.54, 1.807) is 14.2 Å². The Bertz CT molecular complexity index is 793. The number of benzene rings is 2. The predicted molar refractivity (Wildman–Crippen MR) is 125 cm³/mol. The summed E-state index contributed by atoms with van der Waals surface area (Å²) in [4.78, 5) is 2.29. The third-order valence-corrected chi connectivity index (χ3v) is 6.30. The van der Waals surface area contributed by atoms with Crippen molar-refractivity contribution in [2.75, 3.05) is 34.4 Å². The van der Waals surface area contributed by atoms with Crippen LogP contribution in [0.5, 0.6) is 11.5 Å². The Morgan fingerprint density at radius 3 is 2.03 bits per heavy atom. The van der Waals surface area contributed by atoms with E-state index in [0.29, 0.717) is 0 Å². The van der Waals surface area contributed by atoms with Gasteiger partial charge in [0.1, 0.15) is 5.82 Å². The highest BCUT2D eigenvalue weighted by Gasteiger charge is 2.30. The lowest BCUT2D eigenvalue weighted by Gasteiger charge is -2.27. The lowest BCUT2D eigenvalue weighted by molar-refractivity contribution is 0.0135. The Hall–Kier alpha value is -1.82. The van der Waals surface area contributed by atoms with Gasteiger partial charge in [-0.3, -0.25) is 0 Å². The van der Waals surface area contributed by atoms with Crippen LogP contribution in [0.4, 0.5) is 4.39 Å². The van der Waals surface area contributed by atoms with Gasteiger partial charge in [0, 0.05) is 6.54 Å². The SMILES string of the molecule is COc1cc2c(cc1OC)CCC(O)(CCCN(C)CCc1ccc(F)cc1)CC2.Cl. The first-order valence-corrected chi connectivity index (χ1v) is 10.8. The molecule has 0 aromatic heterocycles. The van der Waals surface area contributed by atoms with Crippen molar-refractivity contribution in [2.24, 2.45) is 0 Å². The Morgan fingerprint density at radius 2 is 1.52 bits per heavy atom. The van der Waals surface area contributed by atoms with Crippen LogP contribution in [0.15, 0.2) is 36.4 Å². The second kappa shape index (κ2) is 11.7. The molecule has 1 N–H and O–H groups in total. The standard InChI is InChI=1S/C25H34FNO3.ClH/c1-27(16-11-19-5-7-22(26)8-6-19)15-4-12-25(28)13-9-20-17-23(29-2)24(30-3)18-21(20)10-14-25;/h5-8,17-18,28H,4,9-16H2,1-3H3;1H. The third-order valence-electron chi connectivity index (χ3n) is 6.30. The molecule has 0 saturated carbocycles. The van der Waals surface area contributed by atoms with E-state index < -0.39 is 5.60 Å². The van der Waals surface area contributed by atoms with Crippen molar-refractivity contribution in [3.05, 3.63) is 58.9 Å². The molecule has 3 rings (SSSR count). The molecule has 0 radical (unpaired) electrons. The fourth-order valence-corrected chi connectivity index (χ4v) is 4.30. The molecule has 0 amide bonds. The molecule has 172 valence electrons. The first-order valence-electron chi connectivity index (χ1n) is 10.8. The van der Waals surface area contributed by atoms with E-state index in [4.69, 9.17) is 9.47 Å². The van der Waals surface area contributed by atoms with Crippen molar-refractivity contribution in [3.63, 3.8) is 0 Å². The molecule has 0 unspecified atom stereocenters. The molecular weight excluding hydrogens is 417 g/mol.